The molecule has 20 heavy (non-hydrogen) atoms. The first kappa shape index (κ1) is 14.5. The first-order valence-electron chi connectivity index (χ1n) is 5.59. The fourth-order valence-electron chi connectivity index (χ4n) is 1.70. The van der Waals surface area contributed by atoms with Gasteiger partial charge < -0.3 is 15.5 Å². The molecular formula is C11H11F2N3O3S. The smallest absolute Gasteiger partial charge is 0.346 e. The van der Waals surface area contributed by atoms with E-state index in [1.54, 1.807) is 6.92 Å². The minimum absolute atomic E-state index is 0.123. The third-order valence-electron chi connectivity index (χ3n) is 2.69. The van der Waals surface area contributed by atoms with E-state index in [-0.39, 0.29) is 17.2 Å². The van der Waals surface area contributed by atoms with E-state index in [0.29, 0.717) is 15.8 Å². The number of alkyl halides is 2. The summed E-state index contributed by atoms with van der Waals surface area (Å²) < 4.78 is 24.5. The molecule has 0 aliphatic carbocycles. The molecule has 2 aromatic heterocycles. The van der Waals surface area contributed by atoms with Gasteiger partial charge in [-0.3, -0.25) is 0 Å². The van der Waals surface area contributed by atoms with Gasteiger partial charge in [0.1, 0.15) is 28.0 Å². The molecule has 0 spiro atoms. The Kier molecular flexibility index (Phi) is 4.09. The van der Waals surface area contributed by atoms with Crippen LogP contribution in [0.3, 0.4) is 0 Å². The van der Waals surface area contributed by atoms with Crippen LogP contribution in [0, 0.1) is 6.92 Å². The van der Waals surface area contributed by atoms with Crippen molar-refractivity contribution in [2.45, 2.75) is 19.5 Å². The minimum atomic E-state index is -2.86. The van der Waals surface area contributed by atoms with Crippen LogP contribution in [0.25, 0.3) is 10.2 Å². The van der Waals surface area contributed by atoms with Crippen LogP contribution in [-0.4, -0.2) is 45.2 Å². The maximum absolute atomic E-state index is 12.2. The number of hydrogen-bond donors (Lipinski definition) is 3. The van der Waals surface area contributed by atoms with Gasteiger partial charge in [0.25, 0.3) is 6.43 Å². The number of carboxylic acid groups (broad SMARTS) is 1. The molecule has 3 N–H and O–H groups in total. The molecule has 1 unspecified atom stereocenters. The molecule has 9 heteroatoms. The number of aromatic nitrogens is 2. The second-order valence-electron chi connectivity index (χ2n) is 4.05. The van der Waals surface area contributed by atoms with Gasteiger partial charge >= 0.3 is 5.97 Å². The van der Waals surface area contributed by atoms with Gasteiger partial charge in [-0.25, -0.2) is 23.5 Å². The third-order valence-corrected chi connectivity index (χ3v) is 3.88. The average molecular weight is 303 g/mol. The number of carbonyl (C=O) groups is 1. The molecule has 2 aromatic rings. The van der Waals surface area contributed by atoms with E-state index in [1.165, 1.54) is 6.33 Å². The number of nitrogens with zero attached hydrogens (tertiary/aromatic N) is 2. The number of carboxylic acids is 1. The van der Waals surface area contributed by atoms with Crippen LogP contribution < -0.4 is 5.32 Å². The highest BCUT2D eigenvalue weighted by molar-refractivity contribution is 7.20. The van der Waals surface area contributed by atoms with Gasteiger partial charge in [-0.2, -0.15) is 0 Å². The van der Waals surface area contributed by atoms with E-state index >= 15 is 0 Å². The number of anilines is 1. The monoisotopic (exact) mass is 303 g/mol. The summed E-state index contributed by atoms with van der Waals surface area (Å²) in [4.78, 5) is 19.5. The Labute approximate surface area is 116 Å². The zero-order valence-corrected chi connectivity index (χ0v) is 11.1. The van der Waals surface area contributed by atoms with Gasteiger partial charge in [-0.1, -0.05) is 0 Å². The minimum Gasteiger partial charge on any atom is -0.477 e. The van der Waals surface area contributed by atoms with Gasteiger partial charge in [0, 0.05) is 6.54 Å². The zero-order valence-electron chi connectivity index (χ0n) is 10.3. The standard InChI is InChI=1S/C11H11F2N3O3S/c1-4-6-9(14-2-5(17)8(12)13)15-3-16-10(6)20-7(4)11(18)19/h3,5,8,17H,2H2,1H3,(H,18,19)(H,14,15,16). The van der Waals surface area contributed by atoms with Crippen LogP contribution in [0.2, 0.25) is 0 Å². The second kappa shape index (κ2) is 5.63. The Morgan fingerprint density at radius 2 is 2.20 bits per heavy atom. The number of hydrogen-bond acceptors (Lipinski definition) is 6. The van der Waals surface area contributed by atoms with Crippen LogP contribution in [-0.2, 0) is 0 Å². The molecule has 0 radical (unpaired) electrons. The molecular weight excluding hydrogens is 292 g/mol. The normalized spacial score (nSPS) is 12.8. The van der Waals surface area contributed by atoms with Crippen molar-refractivity contribution in [3.8, 4) is 0 Å². The van der Waals surface area contributed by atoms with Crippen LogP contribution >= 0.6 is 11.3 Å². The lowest BCUT2D eigenvalue weighted by atomic mass is 10.2. The number of aromatic carboxylic acids is 1. The largest absolute Gasteiger partial charge is 0.477 e. The summed E-state index contributed by atoms with van der Waals surface area (Å²) in [6, 6.07) is 0. The first-order valence-corrected chi connectivity index (χ1v) is 6.41. The van der Waals surface area contributed by atoms with Gasteiger partial charge in [0.05, 0.1) is 5.39 Å². The molecule has 0 aliphatic heterocycles. The molecule has 0 fully saturated rings. The van der Waals surface area contributed by atoms with Crippen LogP contribution in [0.4, 0.5) is 14.6 Å². The van der Waals surface area contributed by atoms with Gasteiger partial charge in [-0.05, 0) is 12.5 Å². The number of nitrogens with one attached hydrogen (secondary N) is 1. The molecule has 0 bridgehead atoms. The van der Waals surface area contributed by atoms with Crippen molar-refractivity contribution in [3.05, 3.63) is 16.8 Å². The maximum atomic E-state index is 12.2. The summed E-state index contributed by atoms with van der Waals surface area (Å²) in [5.41, 5.74) is 0.465. The molecule has 2 heterocycles. The summed E-state index contributed by atoms with van der Waals surface area (Å²) in [5.74, 6) is -0.847. The topological polar surface area (TPSA) is 95.3 Å². The van der Waals surface area contributed by atoms with Crippen molar-refractivity contribution in [2.24, 2.45) is 0 Å². The van der Waals surface area contributed by atoms with E-state index < -0.39 is 18.5 Å². The molecule has 0 saturated heterocycles. The number of aliphatic hydroxyl groups excluding tert-OH is 1. The lowest BCUT2D eigenvalue weighted by Crippen LogP contribution is -2.27. The fraction of sp³-hybridized carbons (Fsp3) is 0.364. The fourth-order valence-corrected chi connectivity index (χ4v) is 2.69. The quantitative estimate of drug-likeness (QED) is 0.778. The highest BCUT2D eigenvalue weighted by atomic mass is 32.1. The van der Waals surface area contributed by atoms with Crippen molar-refractivity contribution in [3.63, 3.8) is 0 Å². The number of aliphatic hydroxyl groups is 1. The molecule has 2 rings (SSSR count). The van der Waals surface area contributed by atoms with Crippen molar-refractivity contribution in [1.29, 1.82) is 0 Å². The summed E-state index contributed by atoms with van der Waals surface area (Å²) >= 11 is 0.985. The van der Waals surface area contributed by atoms with E-state index in [0.717, 1.165) is 11.3 Å². The summed E-state index contributed by atoms with van der Waals surface area (Å²) in [6.45, 7) is 1.21. The van der Waals surface area contributed by atoms with Crippen molar-refractivity contribution >= 4 is 33.3 Å². The van der Waals surface area contributed by atoms with E-state index in [2.05, 4.69) is 15.3 Å². The highest BCUT2D eigenvalue weighted by Gasteiger charge is 2.20. The Morgan fingerprint density at radius 3 is 2.80 bits per heavy atom. The lowest BCUT2D eigenvalue weighted by Gasteiger charge is -2.11. The lowest BCUT2D eigenvalue weighted by molar-refractivity contribution is 0.00382. The molecule has 0 aromatic carbocycles. The van der Waals surface area contributed by atoms with Crippen LogP contribution in [0.15, 0.2) is 6.33 Å². The zero-order chi connectivity index (χ0) is 14.9. The number of fused-ring (bicyclic) bond motifs is 1. The molecule has 108 valence electrons. The predicted octanol–water partition coefficient (Wildman–Crippen LogP) is 1.74. The third kappa shape index (κ3) is 2.68. The average Bonchev–Trinajstić information content (AvgIpc) is 2.74. The Bertz CT molecular complexity index is 647. The van der Waals surface area contributed by atoms with Crippen molar-refractivity contribution in [1.82, 2.24) is 9.97 Å². The summed E-state index contributed by atoms with van der Waals surface area (Å²) in [5, 5.41) is 21.2. The molecule has 6 nitrogen and oxygen atoms in total. The predicted molar refractivity (Wildman–Crippen MR) is 69.6 cm³/mol. The van der Waals surface area contributed by atoms with Crippen molar-refractivity contribution < 1.29 is 23.8 Å². The van der Waals surface area contributed by atoms with Gasteiger partial charge in [0.2, 0.25) is 0 Å². The van der Waals surface area contributed by atoms with Gasteiger partial charge in [-0.15, -0.1) is 11.3 Å². The number of aryl methyl sites for hydroxylation is 1. The van der Waals surface area contributed by atoms with E-state index in [4.69, 9.17) is 10.2 Å². The number of halogens is 2. The number of thiophene rings is 1. The Hall–Kier alpha value is -1.87. The SMILES string of the molecule is Cc1c(C(=O)O)sc2ncnc(NCC(O)C(F)F)c12. The molecule has 0 amide bonds. The maximum Gasteiger partial charge on any atom is 0.346 e. The summed E-state index contributed by atoms with van der Waals surface area (Å²) in [7, 11) is 0. The summed E-state index contributed by atoms with van der Waals surface area (Å²) in [6.07, 6.45) is -3.48. The Morgan fingerprint density at radius 1 is 1.50 bits per heavy atom. The van der Waals surface area contributed by atoms with E-state index in [1.807, 2.05) is 0 Å². The van der Waals surface area contributed by atoms with Crippen LogP contribution in [0.5, 0.6) is 0 Å². The first-order chi connectivity index (χ1) is 9.41. The second-order valence-corrected chi connectivity index (χ2v) is 5.05. The Balaban J connectivity index is 2.36. The molecule has 0 aliphatic rings. The van der Waals surface area contributed by atoms with Crippen LogP contribution in [0.1, 0.15) is 15.2 Å². The molecule has 1 atom stereocenters. The van der Waals surface area contributed by atoms with Crippen molar-refractivity contribution in [2.75, 3.05) is 11.9 Å². The number of rotatable bonds is 5. The van der Waals surface area contributed by atoms with E-state index in [9.17, 15) is 13.6 Å². The van der Waals surface area contributed by atoms with Gasteiger partial charge in [0.15, 0.2) is 0 Å². The molecule has 0 saturated carbocycles. The highest BCUT2D eigenvalue weighted by Crippen LogP contribution is 2.33.